The van der Waals surface area contributed by atoms with E-state index in [4.69, 9.17) is 4.74 Å². The molecule has 0 bridgehead atoms. The molecule has 188 valence electrons. The third-order valence-corrected chi connectivity index (χ3v) is 5.88. The van der Waals surface area contributed by atoms with E-state index in [-0.39, 0.29) is 12.4 Å². The quantitative estimate of drug-likeness (QED) is 0.355. The molecule has 2 N–H and O–H groups in total. The summed E-state index contributed by atoms with van der Waals surface area (Å²) in [6, 6.07) is 15.5. The van der Waals surface area contributed by atoms with Crippen molar-refractivity contribution in [2.24, 2.45) is 0 Å². The number of rotatable bonds is 10. The molecule has 0 saturated heterocycles. The van der Waals surface area contributed by atoms with Crippen LogP contribution in [0.25, 0.3) is 23.3 Å². The number of aliphatic carboxylic acids is 1. The largest absolute Gasteiger partial charge is 0.480 e. The van der Waals surface area contributed by atoms with E-state index in [1.165, 1.54) is 25.1 Å². The fraction of sp³-hybridized carbons (Fsp3) is 0.185. The average molecular weight is 527 g/mol. The molecular weight excluding hydrogens is 500 g/mol. The number of carbonyl (C=O) groups excluding carboxylic acids is 2. The Hall–Kier alpha value is -3.62. The van der Waals surface area contributed by atoms with Crippen molar-refractivity contribution >= 4 is 54.2 Å². The van der Waals surface area contributed by atoms with Crippen molar-refractivity contribution in [1.29, 1.82) is 0 Å². The molecule has 36 heavy (non-hydrogen) atoms. The topological polar surface area (TPSA) is 106 Å². The number of nitrogens with zero attached hydrogens (tertiary/aromatic N) is 1. The number of carbonyl (C=O) groups is 3. The number of halogens is 1. The van der Waals surface area contributed by atoms with Crippen LogP contribution in [-0.4, -0.2) is 53.1 Å². The lowest BCUT2D eigenvalue weighted by molar-refractivity contribution is -0.139. The van der Waals surface area contributed by atoms with Gasteiger partial charge in [0.1, 0.15) is 6.04 Å². The minimum Gasteiger partial charge on any atom is -0.480 e. The Bertz CT molecular complexity index is 1230. The van der Waals surface area contributed by atoms with Gasteiger partial charge in [-0.25, -0.2) is 9.59 Å². The van der Waals surface area contributed by atoms with Crippen LogP contribution in [0.15, 0.2) is 67.0 Å². The number of benzene rings is 2. The summed E-state index contributed by atoms with van der Waals surface area (Å²) < 4.78 is 4.74. The second kappa shape index (κ2) is 14.1. The molecule has 0 radical (unpaired) electrons. The first-order valence-corrected chi connectivity index (χ1v) is 12.3. The van der Waals surface area contributed by atoms with Crippen LogP contribution in [0, 0.1) is 0 Å². The maximum atomic E-state index is 13.1. The standard InChI is InChI=1S/C27H26N2O5S.ClH/c1-34-27(33)21-14-19(16-28-17-21)9-8-18-10-11-22(23(15-18)20-6-4-3-5-7-20)25(30)29-24(26(31)32)12-13-35-2;/h3-11,14-17,24H,12-13H2,1-2H3,(H,29,30)(H,31,32);1H/b9-8+;/t24-;/m0./s1. The van der Waals surface area contributed by atoms with Crippen molar-refractivity contribution in [1.82, 2.24) is 10.3 Å². The number of aromatic nitrogens is 1. The highest BCUT2D eigenvalue weighted by atomic mass is 35.5. The third kappa shape index (κ3) is 7.69. The van der Waals surface area contributed by atoms with E-state index in [9.17, 15) is 19.5 Å². The van der Waals surface area contributed by atoms with E-state index in [1.807, 2.05) is 54.8 Å². The second-order valence-electron chi connectivity index (χ2n) is 7.65. The fourth-order valence-electron chi connectivity index (χ4n) is 3.42. The number of nitrogens with one attached hydrogen (secondary N) is 1. The number of esters is 1. The first-order chi connectivity index (χ1) is 16.9. The number of ether oxygens (including phenoxy) is 1. The SMILES string of the molecule is COC(=O)c1cncc(/C=C/c2ccc(C(=O)N[C@@H](CCSC)C(=O)O)c(-c3ccccc3)c2)c1.Cl. The van der Waals surface area contributed by atoms with E-state index in [0.717, 1.165) is 11.1 Å². The van der Waals surface area contributed by atoms with Crippen molar-refractivity contribution in [3.63, 3.8) is 0 Å². The Morgan fingerprint density at radius 2 is 1.78 bits per heavy atom. The predicted octanol–water partition coefficient (Wildman–Crippen LogP) is 5.06. The molecule has 3 rings (SSSR count). The van der Waals surface area contributed by atoms with Crippen LogP contribution in [0.5, 0.6) is 0 Å². The predicted molar refractivity (Wildman–Crippen MR) is 146 cm³/mol. The zero-order valence-electron chi connectivity index (χ0n) is 19.8. The van der Waals surface area contributed by atoms with Gasteiger partial charge >= 0.3 is 11.9 Å². The molecule has 0 aliphatic heterocycles. The van der Waals surface area contributed by atoms with Gasteiger partial charge in [0.2, 0.25) is 0 Å². The van der Waals surface area contributed by atoms with Crippen molar-refractivity contribution in [2.75, 3.05) is 19.1 Å². The summed E-state index contributed by atoms with van der Waals surface area (Å²) in [5, 5.41) is 12.2. The van der Waals surface area contributed by atoms with Crippen molar-refractivity contribution in [3.8, 4) is 11.1 Å². The average Bonchev–Trinajstić information content (AvgIpc) is 2.89. The number of amides is 1. The molecule has 1 atom stereocenters. The van der Waals surface area contributed by atoms with Crippen molar-refractivity contribution in [2.45, 2.75) is 12.5 Å². The summed E-state index contributed by atoms with van der Waals surface area (Å²) in [6.45, 7) is 0. The van der Waals surface area contributed by atoms with Crippen LogP contribution >= 0.6 is 24.2 Å². The molecule has 0 spiro atoms. The van der Waals surface area contributed by atoms with Gasteiger partial charge in [0, 0.05) is 18.0 Å². The first-order valence-electron chi connectivity index (χ1n) is 10.9. The zero-order valence-corrected chi connectivity index (χ0v) is 21.5. The van der Waals surface area contributed by atoms with Crippen LogP contribution in [0.2, 0.25) is 0 Å². The molecule has 2 aromatic carbocycles. The normalized spacial score (nSPS) is 11.4. The lowest BCUT2D eigenvalue weighted by Crippen LogP contribution is -2.41. The molecule has 3 aromatic rings. The summed E-state index contributed by atoms with van der Waals surface area (Å²) in [5.41, 5.74) is 3.79. The molecular formula is C27H27ClN2O5S. The lowest BCUT2D eigenvalue weighted by Gasteiger charge is -2.16. The number of carboxylic acid groups (broad SMARTS) is 1. The van der Waals surface area contributed by atoms with E-state index in [0.29, 0.717) is 34.4 Å². The van der Waals surface area contributed by atoms with Crippen LogP contribution in [0.3, 0.4) is 0 Å². The van der Waals surface area contributed by atoms with Crippen LogP contribution in [0.1, 0.15) is 38.3 Å². The number of pyridine rings is 1. The minimum atomic E-state index is -1.06. The van der Waals surface area contributed by atoms with E-state index in [1.54, 1.807) is 24.4 Å². The van der Waals surface area contributed by atoms with Crippen LogP contribution < -0.4 is 5.32 Å². The van der Waals surface area contributed by atoms with Gasteiger partial charge in [0.05, 0.1) is 12.7 Å². The summed E-state index contributed by atoms with van der Waals surface area (Å²) in [4.78, 5) is 40.5. The zero-order chi connectivity index (χ0) is 25.2. The number of hydrogen-bond donors (Lipinski definition) is 2. The third-order valence-electron chi connectivity index (χ3n) is 5.24. The van der Waals surface area contributed by atoms with E-state index < -0.39 is 23.9 Å². The molecule has 7 nitrogen and oxygen atoms in total. The molecule has 0 unspecified atom stereocenters. The summed E-state index contributed by atoms with van der Waals surface area (Å²) in [7, 11) is 1.31. The summed E-state index contributed by atoms with van der Waals surface area (Å²) >= 11 is 1.53. The minimum absolute atomic E-state index is 0. The van der Waals surface area contributed by atoms with Gasteiger partial charge in [0.25, 0.3) is 5.91 Å². The van der Waals surface area contributed by atoms with Crippen LogP contribution in [-0.2, 0) is 9.53 Å². The molecule has 9 heteroatoms. The highest BCUT2D eigenvalue weighted by Gasteiger charge is 2.22. The molecule has 0 fully saturated rings. The Morgan fingerprint density at radius 3 is 2.44 bits per heavy atom. The van der Waals surface area contributed by atoms with Crippen molar-refractivity contribution in [3.05, 3.63) is 89.2 Å². The van der Waals surface area contributed by atoms with Gasteiger partial charge in [-0.2, -0.15) is 11.8 Å². The molecule has 0 aliphatic rings. The number of methoxy groups -OCH3 is 1. The highest BCUT2D eigenvalue weighted by Crippen LogP contribution is 2.26. The second-order valence-corrected chi connectivity index (χ2v) is 8.63. The maximum Gasteiger partial charge on any atom is 0.339 e. The smallest absolute Gasteiger partial charge is 0.339 e. The van der Waals surface area contributed by atoms with Crippen molar-refractivity contribution < 1.29 is 24.2 Å². The summed E-state index contributed by atoms with van der Waals surface area (Å²) in [5.74, 6) is -1.34. The Labute approximate surface area is 220 Å². The Morgan fingerprint density at radius 1 is 1.06 bits per heavy atom. The number of carboxylic acids is 1. The Balaban J connectivity index is 0.00000456. The summed E-state index contributed by atoms with van der Waals surface area (Å²) in [6.07, 6.45) is 8.96. The van der Waals surface area contributed by atoms with Gasteiger partial charge < -0.3 is 15.2 Å². The Kier molecular flexibility index (Phi) is 11.2. The van der Waals surface area contributed by atoms with Crippen LogP contribution in [0.4, 0.5) is 0 Å². The molecule has 1 heterocycles. The number of hydrogen-bond acceptors (Lipinski definition) is 6. The molecule has 0 saturated carbocycles. The monoisotopic (exact) mass is 526 g/mol. The molecule has 0 aliphatic carbocycles. The van der Waals surface area contributed by atoms with Gasteiger partial charge in [-0.1, -0.05) is 48.6 Å². The maximum absolute atomic E-state index is 13.1. The highest BCUT2D eigenvalue weighted by molar-refractivity contribution is 7.98. The number of thioether (sulfide) groups is 1. The van der Waals surface area contributed by atoms with E-state index in [2.05, 4.69) is 10.3 Å². The lowest BCUT2D eigenvalue weighted by atomic mass is 9.96. The van der Waals surface area contributed by atoms with Gasteiger partial charge in [-0.05, 0) is 58.9 Å². The van der Waals surface area contributed by atoms with Gasteiger partial charge in [-0.3, -0.25) is 9.78 Å². The molecule has 1 aromatic heterocycles. The van der Waals surface area contributed by atoms with Gasteiger partial charge in [-0.15, -0.1) is 12.4 Å². The first kappa shape index (κ1) is 28.6. The fourth-order valence-corrected chi connectivity index (χ4v) is 3.89. The van der Waals surface area contributed by atoms with Gasteiger partial charge in [0.15, 0.2) is 0 Å². The van der Waals surface area contributed by atoms with E-state index >= 15 is 0 Å². The molecule has 1 amide bonds.